The summed E-state index contributed by atoms with van der Waals surface area (Å²) in [6, 6.07) is 15.7. The van der Waals surface area contributed by atoms with E-state index in [0.717, 1.165) is 38.2 Å². The number of aromatic amines is 1. The van der Waals surface area contributed by atoms with E-state index >= 15 is 0 Å². The molecule has 1 aromatic heterocycles. The number of carbonyl (C=O) groups excluding carboxylic acids is 1. The maximum atomic E-state index is 13.3. The second kappa shape index (κ2) is 6.74. The maximum Gasteiger partial charge on any atom is 0.259 e. The lowest BCUT2D eigenvalue weighted by Crippen LogP contribution is -2.25. The van der Waals surface area contributed by atoms with E-state index in [1.54, 1.807) is 0 Å². The molecule has 4 nitrogen and oxygen atoms in total. The van der Waals surface area contributed by atoms with Gasteiger partial charge in [-0.25, -0.2) is 0 Å². The number of amides is 1. The number of benzene rings is 2. The molecule has 3 N–H and O–H groups in total. The Morgan fingerprint density at radius 2 is 1.85 bits per heavy atom. The van der Waals surface area contributed by atoms with Gasteiger partial charge in [0.25, 0.3) is 5.91 Å². The molecule has 0 bridgehead atoms. The fourth-order valence-electron chi connectivity index (χ4n) is 3.49. The van der Waals surface area contributed by atoms with Gasteiger partial charge in [0, 0.05) is 27.1 Å². The third-order valence-electron chi connectivity index (χ3n) is 4.81. The Bertz CT molecular complexity index is 1060. The molecule has 0 atom stereocenters. The van der Waals surface area contributed by atoms with Crippen LogP contribution in [0.3, 0.4) is 0 Å². The number of nitrogens with two attached hydrogens (primary N) is 1. The Kier molecular flexibility index (Phi) is 4.40. The molecule has 0 unspecified atom stereocenters. The van der Waals surface area contributed by atoms with Crippen LogP contribution >= 0.6 is 15.9 Å². The van der Waals surface area contributed by atoms with Gasteiger partial charge in [-0.15, -0.1) is 0 Å². The Hall–Kier alpha value is -2.79. The summed E-state index contributed by atoms with van der Waals surface area (Å²) in [6.07, 6.45) is 1.94. The molecular weight excluding hydrogens is 402 g/mol. The number of rotatable bonds is 3. The number of fused-ring (bicyclic) bond motifs is 1. The molecule has 1 aliphatic heterocycles. The van der Waals surface area contributed by atoms with Crippen molar-refractivity contribution in [2.75, 3.05) is 10.6 Å². The lowest BCUT2D eigenvalue weighted by Gasteiger charge is -2.17. The average molecular weight is 422 g/mol. The summed E-state index contributed by atoms with van der Waals surface area (Å²) in [5.41, 5.74) is 13.3. The van der Waals surface area contributed by atoms with Crippen molar-refractivity contribution in [2.24, 2.45) is 0 Å². The van der Waals surface area contributed by atoms with Gasteiger partial charge in [0.2, 0.25) is 0 Å². The lowest BCUT2D eigenvalue weighted by molar-refractivity contribution is -0.113. The van der Waals surface area contributed by atoms with E-state index in [1.165, 1.54) is 0 Å². The molecule has 0 saturated carbocycles. The summed E-state index contributed by atoms with van der Waals surface area (Å²) < 4.78 is 1.02. The first-order valence-corrected chi connectivity index (χ1v) is 9.56. The van der Waals surface area contributed by atoms with Crippen molar-refractivity contribution in [3.8, 4) is 0 Å². The predicted molar refractivity (Wildman–Crippen MR) is 114 cm³/mol. The minimum Gasteiger partial charge on any atom is -0.399 e. The van der Waals surface area contributed by atoms with Crippen LogP contribution in [0.5, 0.6) is 0 Å². The number of aromatic nitrogens is 1. The molecule has 2 heterocycles. The normalized spacial score (nSPS) is 14.9. The summed E-state index contributed by atoms with van der Waals surface area (Å²) in [4.78, 5) is 18.4. The van der Waals surface area contributed by atoms with Gasteiger partial charge in [-0.2, -0.15) is 0 Å². The summed E-state index contributed by atoms with van der Waals surface area (Å²) in [7, 11) is 0. The molecular formula is C22H20BrN3O. The van der Waals surface area contributed by atoms with Gasteiger partial charge < -0.3 is 15.6 Å². The third kappa shape index (κ3) is 3.30. The summed E-state index contributed by atoms with van der Waals surface area (Å²) >= 11 is 3.45. The van der Waals surface area contributed by atoms with Crippen LogP contribution in [-0.4, -0.2) is 10.9 Å². The molecule has 4 rings (SSSR count). The number of nitrogen functional groups attached to an aromatic ring is 1. The average Bonchev–Trinajstić information content (AvgIpc) is 3.07. The standard InChI is InChI=1S/C22H20BrN3O/c1-13-9-14(2)25-20(13)11-19-18-10-17(24)7-8-21(18)26(22(19)27)12-15-3-5-16(23)6-4-15/h3-11,25H,12,24H2,1-2H3/b19-11-. The van der Waals surface area contributed by atoms with Crippen LogP contribution in [0.15, 0.2) is 53.0 Å². The Morgan fingerprint density at radius 3 is 2.52 bits per heavy atom. The number of hydrogen-bond donors (Lipinski definition) is 2. The van der Waals surface area contributed by atoms with Crippen molar-refractivity contribution in [3.05, 3.63) is 81.1 Å². The Balaban J connectivity index is 1.78. The fraction of sp³-hybridized carbons (Fsp3) is 0.136. The van der Waals surface area contributed by atoms with Crippen molar-refractivity contribution in [3.63, 3.8) is 0 Å². The van der Waals surface area contributed by atoms with Crippen LogP contribution in [0.25, 0.3) is 11.6 Å². The number of nitrogens with zero attached hydrogens (tertiary/aromatic N) is 1. The second-order valence-electron chi connectivity index (χ2n) is 6.90. The quantitative estimate of drug-likeness (QED) is 0.458. The van der Waals surface area contributed by atoms with Gasteiger partial charge in [0.15, 0.2) is 0 Å². The van der Waals surface area contributed by atoms with E-state index in [0.29, 0.717) is 17.8 Å². The molecule has 3 aromatic rings. The largest absolute Gasteiger partial charge is 0.399 e. The summed E-state index contributed by atoms with van der Waals surface area (Å²) in [6.45, 7) is 4.57. The smallest absolute Gasteiger partial charge is 0.259 e. The number of halogens is 1. The van der Waals surface area contributed by atoms with Gasteiger partial charge in [-0.05, 0) is 67.4 Å². The Morgan fingerprint density at radius 1 is 1.11 bits per heavy atom. The number of carbonyl (C=O) groups is 1. The molecule has 0 spiro atoms. The van der Waals surface area contributed by atoms with Crippen LogP contribution in [-0.2, 0) is 11.3 Å². The zero-order valence-corrected chi connectivity index (χ0v) is 16.8. The third-order valence-corrected chi connectivity index (χ3v) is 5.34. The highest BCUT2D eigenvalue weighted by molar-refractivity contribution is 9.10. The minimum atomic E-state index is -0.00910. The van der Waals surface area contributed by atoms with E-state index in [2.05, 4.69) is 27.0 Å². The molecule has 1 amide bonds. The van der Waals surface area contributed by atoms with E-state index in [1.807, 2.05) is 67.3 Å². The van der Waals surface area contributed by atoms with Crippen LogP contribution in [0.1, 0.15) is 28.1 Å². The highest BCUT2D eigenvalue weighted by Gasteiger charge is 2.32. The van der Waals surface area contributed by atoms with E-state index in [-0.39, 0.29) is 5.91 Å². The molecule has 2 aromatic carbocycles. The van der Waals surface area contributed by atoms with Gasteiger partial charge in [0.1, 0.15) is 0 Å². The first-order valence-electron chi connectivity index (χ1n) is 8.76. The van der Waals surface area contributed by atoms with Crippen LogP contribution in [0.4, 0.5) is 11.4 Å². The monoisotopic (exact) mass is 421 g/mol. The van der Waals surface area contributed by atoms with Crippen molar-refractivity contribution >= 4 is 44.9 Å². The van der Waals surface area contributed by atoms with Crippen molar-refractivity contribution in [1.29, 1.82) is 0 Å². The summed E-state index contributed by atoms with van der Waals surface area (Å²) in [5, 5.41) is 0. The SMILES string of the molecule is Cc1cc(C)c(/C=C2\C(=O)N(Cc3ccc(Br)cc3)c3ccc(N)cc32)[nH]1. The highest BCUT2D eigenvalue weighted by atomic mass is 79.9. The lowest BCUT2D eigenvalue weighted by atomic mass is 10.0. The number of anilines is 2. The van der Waals surface area contributed by atoms with E-state index in [4.69, 9.17) is 5.73 Å². The first-order chi connectivity index (χ1) is 12.9. The molecule has 5 heteroatoms. The van der Waals surface area contributed by atoms with Crippen LogP contribution in [0.2, 0.25) is 0 Å². The minimum absolute atomic E-state index is 0.00910. The Labute approximate surface area is 166 Å². The highest BCUT2D eigenvalue weighted by Crippen LogP contribution is 2.40. The van der Waals surface area contributed by atoms with Crippen LogP contribution < -0.4 is 10.6 Å². The van der Waals surface area contributed by atoms with Gasteiger partial charge >= 0.3 is 0 Å². The molecule has 0 aliphatic carbocycles. The zero-order chi connectivity index (χ0) is 19.1. The number of nitrogens with one attached hydrogen (secondary N) is 1. The maximum absolute atomic E-state index is 13.3. The molecule has 1 aliphatic rings. The van der Waals surface area contributed by atoms with Gasteiger partial charge in [-0.3, -0.25) is 4.79 Å². The van der Waals surface area contributed by atoms with E-state index in [9.17, 15) is 4.79 Å². The topological polar surface area (TPSA) is 62.1 Å². The molecule has 27 heavy (non-hydrogen) atoms. The first kappa shape index (κ1) is 17.6. The predicted octanol–water partition coefficient (Wildman–Crippen LogP) is 5.06. The number of aryl methyl sites for hydroxylation is 2. The van der Waals surface area contributed by atoms with Crippen molar-refractivity contribution < 1.29 is 4.79 Å². The van der Waals surface area contributed by atoms with Gasteiger partial charge in [-0.1, -0.05) is 28.1 Å². The van der Waals surface area contributed by atoms with Gasteiger partial charge in [0.05, 0.1) is 17.8 Å². The zero-order valence-electron chi connectivity index (χ0n) is 15.2. The van der Waals surface area contributed by atoms with Crippen molar-refractivity contribution in [2.45, 2.75) is 20.4 Å². The molecule has 0 radical (unpaired) electrons. The van der Waals surface area contributed by atoms with Crippen LogP contribution in [0, 0.1) is 13.8 Å². The van der Waals surface area contributed by atoms with Crippen molar-refractivity contribution in [1.82, 2.24) is 4.98 Å². The second-order valence-corrected chi connectivity index (χ2v) is 7.82. The number of H-pyrrole nitrogens is 1. The fourth-order valence-corrected chi connectivity index (χ4v) is 3.75. The number of hydrogen-bond acceptors (Lipinski definition) is 2. The molecule has 136 valence electrons. The van der Waals surface area contributed by atoms with E-state index < -0.39 is 0 Å². The molecule has 0 saturated heterocycles. The molecule has 0 fully saturated rings. The summed E-state index contributed by atoms with van der Waals surface area (Å²) in [5.74, 6) is -0.00910.